The Morgan fingerprint density at radius 3 is 2.07 bits per heavy atom. The summed E-state index contributed by atoms with van der Waals surface area (Å²) in [5.74, 6) is -1.29. The van der Waals surface area contributed by atoms with E-state index < -0.39 is 34.3 Å². The number of hydrogen-bond acceptors (Lipinski definition) is 4. The number of sulfonamides is 1. The predicted molar refractivity (Wildman–Crippen MR) is 161 cm³/mol. The van der Waals surface area contributed by atoms with E-state index in [0.717, 1.165) is 21.0 Å². The van der Waals surface area contributed by atoms with Gasteiger partial charge in [0.1, 0.15) is 18.4 Å². The van der Waals surface area contributed by atoms with Crippen LogP contribution < -0.4 is 9.62 Å². The lowest BCUT2D eigenvalue weighted by Gasteiger charge is -2.34. The first-order chi connectivity index (χ1) is 19.4. The maximum absolute atomic E-state index is 14.1. The van der Waals surface area contributed by atoms with Gasteiger partial charge >= 0.3 is 0 Å². The molecule has 1 N–H and O–H groups in total. The Kier molecular flexibility index (Phi) is 10.7. The second-order valence-electron chi connectivity index (χ2n) is 10.5. The summed E-state index contributed by atoms with van der Waals surface area (Å²) in [5.41, 5.74) is 3.73. The van der Waals surface area contributed by atoms with E-state index in [2.05, 4.69) is 5.32 Å². The Balaban J connectivity index is 2.08. The molecule has 0 spiro atoms. The van der Waals surface area contributed by atoms with Crippen molar-refractivity contribution in [3.63, 3.8) is 0 Å². The number of carbonyl (C=O) groups excluding carboxylic acids is 2. The fourth-order valence-corrected chi connectivity index (χ4v) is 5.80. The number of rotatable bonds is 12. The van der Waals surface area contributed by atoms with Gasteiger partial charge in [0.2, 0.25) is 11.8 Å². The summed E-state index contributed by atoms with van der Waals surface area (Å²) < 4.78 is 42.7. The van der Waals surface area contributed by atoms with Crippen LogP contribution in [0.15, 0.2) is 71.6 Å². The summed E-state index contributed by atoms with van der Waals surface area (Å²) in [4.78, 5) is 28.9. The lowest BCUT2D eigenvalue weighted by molar-refractivity contribution is -0.140. The Labute approximate surface area is 243 Å². The Morgan fingerprint density at radius 1 is 0.878 bits per heavy atom. The van der Waals surface area contributed by atoms with E-state index in [4.69, 9.17) is 0 Å². The largest absolute Gasteiger partial charge is 0.352 e. The van der Waals surface area contributed by atoms with Gasteiger partial charge in [0, 0.05) is 12.6 Å². The third-order valence-corrected chi connectivity index (χ3v) is 9.11. The highest BCUT2D eigenvalue weighted by Gasteiger charge is 2.34. The van der Waals surface area contributed by atoms with Gasteiger partial charge in [-0.15, -0.1) is 0 Å². The van der Waals surface area contributed by atoms with Crippen molar-refractivity contribution < 1.29 is 22.4 Å². The van der Waals surface area contributed by atoms with Gasteiger partial charge in [-0.05, 0) is 93.6 Å². The molecule has 3 aromatic rings. The summed E-state index contributed by atoms with van der Waals surface area (Å²) >= 11 is 0. The third kappa shape index (κ3) is 7.94. The molecule has 0 saturated carbocycles. The second kappa shape index (κ2) is 13.8. The third-order valence-electron chi connectivity index (χ3n) is 7.32. The van der Waals surface area contributed by atoms with Crippen LogP contribution in [0, 0.1) is 26.6 Å². The molecule has 0 fully saturated rings. The van der Waals surface area contributed by atoms with Crippen LogP contribution in [0.25, 0.3) is 0 Å². The van der Waals surface area contributed by atoms with Crippen LogP contribution in [0.4, 0.5) is 10.1 Å². The number of hydrogen-bond donors (Lipinski definition) is 1. The molecule has 0 radical (unpaired) electrons. The molecule has 3 aromatic carbocycles. The first-order valence-corrected chi connectivity index (χ1v) is 15.3. The molecule has 220 valence electrons. The summed E-state index contributed by atoms with van der Waals surface area (Å²) in [6, 6.07) is 16.4. The second-order valence-corrected chi connectivity index (χ2v) is 12.3. The number of benzene rings is 3. The number of carbonyl (C=O) groups is 2. The molecular formula is C32H40FN3O4S. The van der Waals surface area contributed by atoms with Gasteiger partial charge in [-0.25, -0.2) is 12.8 Å². The molecule has 9 heteroatoms. The number of anilines is 1. The van der Waals surface area contributed by atoms with Crippen molar-refractivity contribution in [3.05, 3.63) is 94.8 Å². The highest BCUT2D eigenvalue weighted by molar-refractivity contribution is 7.92. The average Bonchev–Trinajstić information content (AvgIpc) is 2.94. The molecule has 3 rings (SSSR count). The van der Waals surface area contributed by atoms with Crippen molar-refractivity contribution in [2.45, 2.75) is 77.9 Å². The minimum atomic E-state index is -4.15. The number of nitrogens with zero attached hydrogens (tertiary/aromatic N) is 2. The van der Waals surface area contributed by atoms with Crippen molar-refractivity contribution in [2.24, 2.45) is 0 Å². The van der Waals surface area contributed by atoms with Crippen LogP contribution in [-0.2, 0) is 26.2 Å². The number of amides is 2. The van der Waals surface area contributed by atoms with Crippen molar-refractivity contribution in [3.8, 4) is 0 Å². The Morgan fingerprint density at radius 2 is 1.51 bits per heavy atom. The molecule has 0 aromatic heterocycles. The molecule has 2 atom stereocenters. The molecule has 0 aliphatic heterocycles. The molecule has 0 heterocycles. The molecule has 0 unspecified atom stereocenters. The number of aryl methyl sites for hydroxylation is 3. The van der Waals surface area contributed by atoms with Crippen LogP contribution in [0.1, 0.15) is 55.9 Å². The van der Waals surface area contributed by atoms with E-state index in [1.165, 1.54) is 29.2 Å². The van der Waals surface area contributed by atoms with Crippen molar-refractivity contribution >= 4 is 27.5 Å². The van der Waals surface area contributed by atoms with Gasteiger partial charge < -0.3 is 10.2 Å². The molecule has 7 nitrogen and oxygen atoms in total. The maximum Gasteiger partial charge on any atom is 0.264 e. The molecule has 41 heavy (non-hydrogen) atoms. The monoisotopic (exact) mass is 581 g/mol. The molecule has 2 amide bonds. The van der Waals surface area contributed by atoms with Crippen molar-refractivity contribution in [1.29, 1.82) is 0 Å². The maximum atomic E-state index is 14.1. The van der Waals surface area contributed by atoms with E-state index in [1.807, 2.05) is 40.7 Å². The summed E-state index contributed by atoms with van der Waals surface area (Å²) in [6.07, 6.45) is 1.02. The first-order valence-electron chi connectivity index (χ1n) is 13.9. The fourth-order valence-electron chi connectivity index (χ4n) is 4.39. The van der Waals surface area contributed by atoms with Gasteiger partial charge in [0.15, 0.2) is 0 Å². The summed E-state index contributed by atoms with van der Waals surface area (Å²) in [5, 5.41) is 2.95. The van der Waals surface area contributed by atoms with Crippen molar-refractivity contribution in [1.82, 2.24) is 10.2 Å². The van der Waals surface area contributed by atoms with E-state index in [1.54, 1.807) is 43.3 Å². The van der Waals surface area contributed by atoms with E-state index in [-0.39, 0.29) is 23.4 Å². The van der Waals surface area contributed by atoms with Gasteiger partial charge in [-0.3, -0.25) is 13.9 Å². The highest BCUT2D eigenvalue weighted by Crippen LogP contribution is 2.27. The summed E-state index contributed by atoms with van der Waals surface area (Å²) in [7, 11) is -4.15. The van der Waals surface area contributed by atoms with Gasteiger partial charge in [-0.2, -0.15) is 0 Å². The predicted octanol–water partition coefficient (Wildman–Crippen LogP) is 5.67. The van der Waals surface area contributed by atoms with E-state index in [0.29, 0.717) is 24.1 Å². The fraction of sp³-hybridized carbons (Fsp3) is 0.375. The van der Waals surface area contributed by atoms with Crippen LogP contribution >= 0.6 is 0 Å². The smallest absolute Gasteiger partial charge is 0.264 e. The normalized spacial score (nSPS) is 12.9. The van der Waals surface area contributed by atoms with Crippen LogP contribution in [0.3, 0.4) is 0 Å². The van der Waals surface area contributed by atoms with E-state index >= 15 is 0 Å². The Hall–Kier alpha value is -3.72. The zero-order valence-corrected chi connectivity index (χ0v) is 25.5. The standard InChI is InChI=1S/C32H40FN3O4S/c1-7-25(6)34-32(38)30(8-2)35(20-26-12-14-27(33)15-13-26)31(37)21-36(28-16-11-23(4)24(5)19-28)41(39,40)29-17-9-22(3)10-18-29/h9-19,25,30H,7-8,20-21H2,1-6H3,(H,34,38)/t25-,30-/m0/s1. The molecule has 0 bridgehead atoms. The SMILES string of the molecule is CC[C@H](C)NC(=O)[C@H](CC)N(Cc1ccc(F)cc1)C(=O)CN(c1ccc(C)c(C)c1)S(=O)(=O)c1ccc(C)cc1. The average molecular weight is 582 g/mol. The van der Waals surface area contributed by atoms with Crippen LogP contribution in [0.5, 0.6) is 0 Å². The molecule has 0 saturated heterocycles. The highest BCUT2D eigenvalue weighted by atomic mass is 32.2. The zero-order chi connectivity index (χ0) is 30.3. The number of nitrogens with one attached hydrogen (secondary N) is 1. The van der Waals surface area contributed by atoms with Gasteiger partial charge in [-0.1, -0.05) is 49.7 Å². The van der Waals surface area contributed by atoms with Gasteiger partial charge in [0.05, 0.1) is 10.6 Å². The Bertz CT molecular complexity index is 1460. The minimum absolute atomic E-state index is 0.0108. The lowest BCUT2D eigenvalue weighted by atomic mass is 10.1. The van der Waals surface area contributed by atoms with Crippen LogP contribution in [0.2, 0.25) is 0 Å². The summed E-state index contributed by atoms with van der Waals surface area (Å²) in [6.45, 7) is 10.8. The number of halogens is 1. The molecular weight excluding hydrogens is 541 g/mol. The molecule has 0 aliphatic carbocycles. The topological polar surface area (TPSA) is 86.8 Å². The van der Waals surface area contributed by atoms with Gasteiger partial charge in [0.25, 0.3) is 10.0 Å². The van der Waals surface area contributed by atoms with E-state index in [9.17, 15) is 22.4 Å². The quantitative estimate of drug-likeness (QED) is 0.299. The van der Waals surface area contributed by atoms with Crippen molar-refractivity contribution in [2.75, 3.05) is 10.8 Å². The molecule has 0 aliphatic rings. The zero-order valence-electron chi connectivity index (χ0n) is 24.6. The minimum Gasteiger partial charge on any atom is -0.352 e. The lowest BCUT2D eigenvalue weighted by Crippen LogP contribution is -2.53. The first kappa shape index (κ1) is 31.8. The van der Waals surface area contributed by atoms with Crippen LogP contribution in [-0.4, -0.2) is 43.8 Å².